The summed E-state index contributed by atoms with van der Waals surface area (Å²) < 4.78 is 50.4. The summed E-state index contributed by atoms with van der Waals surface area (Å²) in [5, 5.41) is 3.29. The van der Waals surface area contributed by atoms with E-state index in [1.54, 1.807) is 12.1 Å². The Morgan fingerprint density at radius 1 is 1.05 bits per heavy atom. The molecule has 1 aromatic rings. The van der Waals surface area contributed by atoms with Gasteiger partial charge in [0.15, 0.2) is 0 Å². The Labute approximate surface area is 131 Å². The lowest BCUT2D eigenvalue weighted by molar-refractivity contribution is 0.490. The lowest BCUT2D eigenvalue weighted by atomic mass is 10.2. The van der Waals surface area contributed by atoms with Gasteiger partial charge in [0, 0.05) is 37.6 Å². The first-order valence-electron chi connectivity index (χ1n) is 6.50. The standard InChI is InChI=1S/C11H17N3O2S.CH4O3S/c1-17(15,16)13-10-2-4-11(5-3-10)14-8-6-12-7-9-14;1-5(2,3)4/h2-5,12-13H,6-9H2,1H3;1H3,(H,2,3,4). The van der Waals surface area contributed by atoms with Crippen molar-refractivity contribution in [1.29, 1.82) is 0 Å². The van der Waals surface area contributed by atoms with Gasteiger partial charge in [0.25, 0.3) is 10.1 Å². The fraction of sp³-hybridized carbons (Fsp3) is 0.500. The SMILES string of the molecule is CS(=O)(=O)Nc1ccc(N2CCNCC2)cc1.CS(=O)(=O)O. The maximum absolute atomic E-state index is 11.1. The number of sulfonamides is 1. The van der Waals surface area contributed by atoms with Crippen LogP contribution in [0.4, 0.5) is 11.4 Å². The van der Waals surface area contributed by atoms with Gasteiger partial charge in [0.2, 0.25) is 10.0 Å². The van der Waals surface area contributed by atoms with Gasteiger partial charge in [-0.15, -0.1) is 0 Å². The third-order valence-corrected chi connectivity index (χ3v) is 3.26. The summed E-state index contributed by atoms with van der Waals surface area (Å²) in [6.07, 6.45) is 1.87. The monoisotopic (exact) mass is 351 g/mol. The van der Waals surface area contributed by atoms with Crippen molar-refractivity contribution in [1.82, 2.24) is 5.32 Å². The van der Waals surface area contributed by atoms with Crippen molar-refractivity contribution in [2.24, 2.45) is 0 Å². The van der Waals surface area contributed by atoms with Crippen LogP contribution in [0.15, 0.2) is 24.3 Å². The first-order valence-corrected chi connectivity index (χ1v) is 10.2. The van der Waals surface area contributed by atoms with Gasteiger partial charge in [-0.2, -0.15) is 8.42 Å². The predicted octanol–water partition coefficient (Wildman–Crippen LogP) is -0.0283. The van der Waals surface area contributed by atoms with Crippen molar-refractivity contribution >= 4 is 31.5 Å². The maximum atomic E-state index is 11.1. The Balaban J connectivity index is 0.000000422. The van der Waals surface area contributed by atoms with Crippen molar-refractivity contribution in [3.63, 3.8) is 0 Å². The largest absolute Gasteiger partial charge is 0.369 e. The van der Waals surface area contributed by atoms with Gasteiger partial charge in [-0.3, -0.25) is 9.27 Å². The minimum atomic E-state index is -3.67. The van der Waals surface area contributed by atoms with Crippen LogP contribution in [0, 0.1) is 0 Å². The van der Waals surface area contributed by atoms with E-state index < -0.39 is 20.1 Å². The molecule has 3 N–H and O–H groups in total. The molecule has 0 aliphatic carbocycles. The van der Waals surface area contributed by atoms with Gasteiger partial charge in [0.1, 0.15) is 0 Å². The van der Waals surface area contributed by atoms with Gasteiger partial charge in [-0.05, 0) is 24.3 Å². The molecule has 1 heterocycles. The molecule has 1 aliphatic rings. The van der Waals surface area contributed by atoms with E-state index in [1.165, 1.54) is 0 Å². The third kappa shape index (κ3) is 8.82. The Bertz CT molecular complexity index is 657. The fourth-order valence-electron chi connectivity index (χ4n) is 1.88. The van der Waals surface area contributed by atoms with Crippen molar-refractivity contribution in [2.45, 2.75) is 0 Å². The molecule has 22 heavy (non-hydrogen) atoms. The van der Waals surface area contributed by atoms with Crippen LogP contribution in [0.25, 0.3) is 0 Å². The molecular weight excluding hydrogens is 330 g/mol. The van der Waals surface area contributed by atoms with Crippen LogP contribution in [-0.2, 0) is 20.1 Å². The second kappa shape index (κ2) is 7.77. The lowest BCUT2D eigenvalue weighted by Gasteiger charge is -2.29. The smallest absolute Gasteiger partial charge is 0.261 e. The summed E-state index contributed by atoms with van der Waals surface area (Å²) in [6, 6.07) is 7.47. The summed E-state index contributed by atoms with van der Waals surface area (Å²) >= 11 is 0. The van der Waals surface area contributed by atoms with Gasteiger partial charge in [-0.1, -0.05) is 0 Å². The van der Waals surface area contributed by atoms with E-state index in [1.807, 2.05) is 12.1 Å². The normalized spacial score (nSPS) is 15.7. The second-order valence-corrected chi connectivity index (χ2v) is 8.11. The third-order valence-electron chi connectivity index (χ3n) is 2.65. The number of nitrogens with zero attached hydrogens (tertiary/aromatic N) is 1. The summed E-state index contributed by atoms with van der Waals surface area (Å²) in [5.41, 5.74) is 1.73. The molecule has 8 nitrogen and oxygen atoms in total. The average Bonchev–Trinajstić information content (AvgIpc) is 2.37. The van der Waals surface area contributed by atoms with Crippen molar-refractivity contribution in [3.05, 3.63) is 24.3 Å². The molecule has 1 aliphatic heterocycles. The highest BCUT2D eigenvalue weighted by atomic mass is 32.2. The molecule has 0 aromatic heterocycles. The summed E-state index contributed by atoms with van der Waals surface area (Å²) in [5.74, 6) is 0. The minimum Gasteiger partial charge on any atom is -0.369 e. The van der Waals surface area contributed by atoms with Gasteiger partial charge in [-0.25, -0.2) is 8.42 Å². The number of benzene rings is 1. The molecule has 0 bridgehead atoms. The summed E-state index contributed by atoms with van der Waals surface area (Å²) in [7, 11) is -6.86. The zero-order valence-electron chi connectivity index (χ0n) is 12.5. The van der Waals surface area contributed by atoms with Crippen LogP contribution >= 0.6 is 0 Å². The maximum Gasteiger partial charge on any atom is 0.261 e. The number of rotatable bonds is 3. The highest BCUT2D eigenvalue weighted by Crippen LogP contribution is 2.18. The van der Waals surface area contributed by atoms with Crippen molar-refractivity contribution < 1.29 is 21.4 Å². The molecule has 1 fully saturated rings. The fourth-order valence-corrected chi connectivity index (χ4v) is 2.44. The van der Waals surface area contributed by atoms with E-state index in [4.69, 9.17) is 4.55 Å². The first kappa shape index (κ1) is 18.7. The molecule has 10 heteroatoms. The molecular formula is C12H21N3O5S2. The molecule has 126 valence electrons. The zero-order valence-corrected chi connectivity index (χ0v) is 14.1. The quantitative estimate of drug-likeness (QED) is 0.655. The average molecular weight is 351 g/mol. The molecule has 2 rings (SSSR count). The number of hydrogen-bond acceptors (Lipinski definition) is 6. The number of piperazine rings is 1. The molecule has 1 saturated heterocycles. The van der Waals surface area contributed by atoms with Gasteiger partial charge < -0.3 is 10.2 Å². The van der Waals surface area contributed by atoms with E-state index in [0.717, 1.165) is 38.1 Å². The van der Waals surface area contributed by atoms with Crippen molar-refractivity contribution in [2.75, 3.05) is 48.3 Å². The Morgan fingerprint density at radius 2 is 1.50 bits per heavy atom. The zero-order chi connectivity index (χ0) is 16.8. The minimum absolute atomic E-state index is 0.603. The van der Waals surface area contributed by atoms with Crippen LogP contribution in [0.1, 0.15) is 0 Å². The van der Waals surface area contributed by atoms with Crippen LogP contribution < -0.4 is 14.9 Å². The number of anilines is 2. The first-order chi connectivity index (χ1) is 10.0. The molecule has 0 spiro atoms. The van der Waals surface area contributed by atoms with Crippen LogP contribution in [0.3, 0.4) is 0 Å². The van der Waals surface area contributed by atoms with E-state index in [9.17, 15) is 16.8 Å². The summed E-state index contributed by atoms with van der Waals surface area (Å²) in [4.78, 5) is 2.28. The topological polar surface area (TPSA) is 116 Å². The Hall–Kier alpha value is -1.36. The molecule has 0 saturated carbocycles. The predicted molar refractivity (Wildman–Crippen MR) is 87.5 cm³/mol. The van der Waals surface area contributed by atoms with Crippen LogP contribution in [-0.4, -0.2) is 60.1 Å². The van der Waals surface area contributed by atoms with E-state index in [0.29, 0.717) is 11.9 Å². The number of nitrogens with one attached hydrogen (secondary N) is 2. The second-order valence-electron chi connectivity index (χ2n) is 4.89. The summed E-state index contributed by atoms with van der Waals surface area (Å²) in [6.45, 7) is 3.95. The van der Waals surface area contributed by atoms with Crippen LogP contribution in [0.5, 0.6) is 0 Å². The number of hydrogen-bond donors (Lipinski definition) is 3. The van der Waals surface area contributed by atoms with Gasteiger partial charge >= 0.3 is 0 Å². The lowest BCUT2D eigenvalue weighted by Crippen LogP contribution is -2.43. The highest BCUT2D eigenvalue weighted by Gasteiger charge is 2.10. The molecule has 0 atom stereocenters. The highest BCUT2D eigenvalue weighted by molar-refractivity contribution is 7.92. The van der Waals surface area contributed by atoms with Crippen molar-refractivity contribution in [3.8, 4) is 0 Å². The Morgan fingerprint density at radius 3 is 1.91 bits per heavy atom. The Kier molecular flexibility index (Phi) is 6.60. The molecule has 0 amide bonds. The van der Waals surface area contributed by atoms with Gasteiger partial charge in [0.05, 0.1) is 12.5 Å². The molecule has 0 unspecified atom stereocenters. The molecule has 1 aromatic carbocycles. The van der Waals surface area contributed by atoms with E-state index >= 15 is 0 Å². The van der Waals surface area contributed by atoms with Crippen LogP contribution in [0.2, 0.25) is 0 Å². The molecule has 0 radical (unpaired) electrons. The van der Waals surface area contributed by atoms with E-state index in [2.05, 4.69) is 14.9 Å². The van der Waals surface area contributed by atoms with E-state index in [-0.39, 0.29) is 0 Å².